The van der Waals surface area contributed by atoms with Gasteiger partial charge in [-0.3, -0.25) is 4.79 Å². The lowest BCUT2D eigenvalue weighted by atomic mass is 9.99. The number of amides is 1. The van der Waals surface area contributed by atoms with E-state index in [9.17, 15) is 4.79 Å². The molecular weight excluding hydrogens is 290 g/mol. The number of nitrogens with one attached hydrogen (secondary N) is 1. The van der Waals surface area contributed by atoms with Crippen molar-refractivity contribution in [3.8, 4) is 0 Å². The number of hydrogen-bond donors (Lipinski definition) is 1. The van der Waals surface area contributed by atoms with Crippen LogP contribution in [0.25, 0.3) is 0 Å². The highest BCUT2D eigenvalue weighted by atomic mass is 16.3. The first-order valence-corrected chi connectivity index (χ1v) is 8.22. The number of pyridine rings is 1. The third-order valence-electron chi connectivity index (χ3n) is 4.08. The molecule has 1 aliphatic rings. The first-order chi connectivity index (χ1) is 11.1. The summed E-state index contributed by atoms with van der Waals surface area (Å²) < 4.78 is 5.53. The van der Waals surface area contributed by atoms with Crippen LogP contribution in [-0.4, -0.2) is 28.4 Å². The van der Waals surface area contributed by atoms with E-state index in [-0.39, 0.29) is 11.9 Å². The van der Waals surface area contributed by atoms with Crippen molar-refractivity contribution in [1.29, 1.82) is 0 Å². The van der Waals surface area contributed by atoms with Crippen LogP contribution < -0.4 is 5.32 Å². The van der Waals surface area contributed by atoms with Crippen molar-refractivity contribution in [2.75, 3.05) is 11.9 Å². The molecule has 1 atom stereocenters. The highest BCUT2D eigenvalue weighted by Crippen LogP contribution is 2.32. The molecule has 3 heterocycles. The summed E-state index contributed by atoms with van der Waals surface area (Å²) in [5.41, 5.74) is 0.623. The normalized spacial score (nSPS) is 18.2. The molecule has 0 radical (unpaired) electrons. The lowest BCUT2D eigenvalue weighted by molar-refractivity contribution is 0.0580. The van der Waals surface area contributed by atoms with Crippen molar-refractivity contribution < 1.29 is 9.21 Å². The molecule has 0 spiro atoms. The van der Waals surface area contributed by atoms with E-state index >= 15 is 0 Å². The van der Waals surface area contributed by atoms with Gasteiger partial charge in [0.1, 0.15) is 11.6 Å². The number of anilines is 1. The van der Waals surface area contributed by atoms with Crippen LogP contribution in [-0.2, 0) is 0 Å². The van der Waals surface area contributed by atoms with Gasteiger partial charge in [0.25, 0.3) is 5.91 Å². The fourth-order valence-corrected chi connectivity index (χ4v) is 3.02. The number of likely N-dealkylation sites (tertiary alicyclic amines) is 1. The summed E-state index contributed by atoms with van der Waals surface area (Å²) in [5.74, 6) is 1.68. The molecule has 0 aromatic carbocycles. The van der Waals surface area contributed by atoms with E-state index in [1.165, 1.54) is 0 Å². The quantitative estimate of drug-likeness (QED) is 0.931. The second kappa shape index (κ2) is 6.86. The minimum atomic E-state index is 0.0229. The number of carbonyl (C=O) groups excluding carboxylic acids is 1. The Morgan fingerprint density at radius 3 is 2.87 bits per heavy atom. The molecule has 1 N–H and O–H groups in total. The standard InChI is InChI=1S/C18H23N3O2/c1-13(2)20-17-9-8-14(12-19-17)18(22)21-10-4-3-6-15(21)16-7-5-11-23-16/h5,7-9,11-13,15H,3-4,6,10H2,1-2H3,(H,19,20). The van der Waals surface area contributed by atoms with Crippen LogP contribution in [0.3, 0.4) is 0 Å². The monoisotopic (exact) mass is 313 g/mol. The van der Waals surface area contributed by atoms with Crippen LogP contribution >= 0.6 is 0 Å². The number of hydrogen-bond acceptors (Lipinski definition) is 4. The number of piperidine rings is 1. The third-order valence-corrected chi connectivity index (χ3v) is 4.08. The largest absolute Gasteiger partial charge is 0.467 e. The molecule has 23 heavy (non-hydrogen) atoms. The Balaban J connectivity index is 1.77. The summed E-state index contributed by atoms with van der Waals surface area (Å²) in [6, 6.07) is 7.87. The van der Waals surface area contributed by atoms with Gasteiger partial charge in [-0.2, -0.15) is 0 Å². The van der Waals surface area contributed by atoms with Crippen molar-refractivity contribution in [2.24, 2.45) is 0 Å². The Bertz CT molecular complexity index is 635. The van der Waals surface area contributed by atoms with Gasteiger partial charge in [-0.1, -0.05) is 0 Å². The molecule has 5 nitrogen and oxygen atoms in total. The molecular formula is C18H23N3O2. The molecule has 1 unspecified atom stereocenters. The number of nitrogens with zero attached hydrogens (tertiary/aromatic N) is 2. The number of furan rings is 1. The van der Waals surface area contributed by atoms with E-state index in [2.05, 4.69) is 24.1 Å². The van der Waals surface area contributed by atoms with Crippen LogP contribution in [0.2, 0.25) is 0 Å². The van der Waals surface area contributed by atoms with Gasteiger partial charge in [0.2, 0.25) is 0 Å². The molecule has 1 saturated heterocycles. The summed E-state index contributed by atoms with van der Waals surface area (Å²) in [5, 5.41) is 3.23. The van der Waals surface area contributed by atoms with Crippen molar-refractivity contribution >= 4 is 11.7 Å². The maximum atomic E-state index is 12.9. The number of rotatable bonds is 4. The maximum absolute atomic E-state index is 12.9. The molecule has 0 saturated carbocycles. The third kappa shape index (κ3) is 3.55. The Morgan fingerprint density at radius 2 is 2.22 bits per heavy atom. The fraction of sp³-hybridized carbons (Fsp3) is 0.444. The minimum Gasteiger partial charge on any atom is -0.467 e. The van der Waals surface area contributed by atoms with Gasteiger partial charge in [0.15, 0.2) is 0 Å². The molecule has 2 aromatic rings. The molecule has 1 amide bonds. The summed E-state index contributed by atoms with van der Waals surface area (Å²) in [6.07, 6.45) is 6.41. The lowest BCUT2D eigenvalue weighted by Crippen LogP contribution is -2.38. The second-order valence-electron chi connectivity index (χ2n) is 6.26. The molecule has 122 valence electrons. The molecule has 2 aromatic heterocycles. The van der Waals surface area contributed by atoms with Crippen molar-refractivity contribution in [3.05, 3.63) is 48.0 Å². The maximum Gasteiger partial charge on any atom is 0.256 e. The first kappa shape index (κ1) is 15.6. The highest BCUT2D eigenvalue weighted by Gasteiger charge is 2.30. The molecule has 5 heteroatoms. The van der Waals surface area contributed by atoms with Crippen LogP contribution in [0.5, 0.6) is 0 Å². The zero-order valence-corrected chi connectivity index (χ0v) is 13.7. The molecule has 3 rings (SSSR count). The van der Waals surface area contributed by atoms with Gasteiger partial charge in [-0.05, 0) is 57.4 Å². The van der Waals surface area contributed by atoms with Crippen molar-refractivity contribution in [3.63, 3.8) is 0 Å². The van der Waals surface area contributed by atoms with Gasteiger partial charge in [0, 0.05) is 18.8 Å². The van der Waals surface area contributed by atoms with E-state index in [4.69, 9.17) is 4.42 Å². The van der Waals surface area contributed by atoms with Crippen LogP contribution in [0, 0.1) is 0 Å². The van der Waals surface area contributed by atoms with Crippen LogP contribution in [0.1, 0.15) is 55.3 Å². The molecule has 1 aliphatic heterocycles. The second-order valence-corrected chi connectivity index (χ2v) is 6.26. The van der Waals surface area contributed by atoms with Gasteiger partial charge in [-0.15, -0.1) is 0 Å². The van der Waals surface area contributed by atoms with E-state index < -0.39 is 0 Å². The topological polar surface area (TPSA) is 58.4 Å². The lowest BCUT2D eigenvalue weighted by Gasteiger charge is -2.34. The van der Waals surface area contributed by atoms with Gasteiger partial charge in [0.05, 0.1) is 17.9 Å². The zero-order valence-electron chi connectivity index (χ0n) is 13.7. The Kier molecular flexibility index (Phi) is 4.65. The summed E-state index contributed by atoms with van der Waals surface area (Å²) in [4.78, 5) is 19.1. The minimum absolute atomic E-state index is 0.0229. The van der Waals surface area contributed by atoms with E-state index in [0.29, 0.717) is 11.6 Å². The predicted octanol–water partition coefficient (Wildman–Crippen LogP) is 3.86. The molecule has 0 bridgehead atoms. The van der Waals surface area contributed by atoms with Crippen molar-refractivity contribution in [2.45, 2.75) is 45.2 Å². The Hall–Kier alpha value is -2.30. The van der Waals surface area contributed by atoms with E-state index in [1.807, 2.05) is 29.2 Å². The smallest absolute Gasteiger partial charge is 0.256 e. The molecule has 0 aliphatic carbocycles. The molecule has 1 fully saturated rings. The van der Waals surface area contributed by atoms with Gasteiger partial charge < -0.3 is 14.6 Å². The van der Waals surface area contributed by atoms with E-state index in [0.717, 1.165) is 37.4 Å². The predicted molar refractivity (Wildman–Crippen MR) is 89.3 cm³/mol. The summed E-state index contributed by atoms with van der Waals surface area (Å²) >= 11 is 0. The van der Waals surface area contributed by atoms with E-state index in [1.54, 1.807) is 12.5 Å². The summed E-state index contributed by atoms with van der Waals surface area (Å²) in [6.45, 7) is 4.88. The van der Waals surface area contributed by atoms with Crippen LogP contribution in [0.4, 0.5) is 5.82 Å². The highest BCUT2D eigenvalue weighted by molar-refractivity contribution is 5.94. The SMILES string of the molecule is CC(C)Nc1ccc(C(=O)N2CCCCC2c2ccco2)cn1. The first-order valence-electron chi connectivity index (χ1n) is 8.22. The van der Waals surface area contributed by atoms with Crippen LogP contribution in [0.15, 0.2) is 41.1 Å². The zero-order chi connectivity index (χ0) is 16.2. The summed E-state index contributed by atoms with van der Waals surface area (Å²) in [7, 11) is 0. The van der Waals surface area contributed by atoms with Crippen molar-refractivity contribution in [1.82, 2.24) is 9.88 Å². The average molecular weight is 313 g/mol. The number of aromatic nitrogens is 1. The number of carbonyl (C=O) groups is 1. The Labute approximate surface area is 136 Å². The van der Waals surface area contributed by atoms with Gasteiger partial charge >= 0.3 is 0 Å². The average Bonchev–Trinajstić information content (AvgIpc) is 3.09. The Morgan fingerprint density at radius 1 is 1.35 bits per heavy atom. The fourth-order valence-electron chi connectivity index (χ4n) is 3.02. The van der Waals surface area contributed by atoms with Gasteiger partial charge in [-0.25, -0.2) is 4.98 Å².